The standard InChI is InChI=1S/C21H22N4O2/c26-18-9-4-10-22-19(18)21(27)25-12-5-8-17(15-25)20-23-11-13-24(20)14-16-6-2-1-3-7-16/h1-4,6-7,9-11,13,17,26H,5,8,12,14-15H2/t17-/m1/s1. The number of carbonyl (C=O) groups excluding carboxylic acids is 1. The summed E-state index contributed by atoms with van der Waals surface area (Å²) in [4.78, 5) is 23.2. The third kappa shape index (κ3) is 3.69. The monoisotopic (exact) mass is 362 g/mol. The molecule has 0 bridgehead atoms. The van der Waals surface area contributed by atoms with E-state index in [4.69, 9.17) is 0 Å². The molecule has 6 nitrogen and oxygen atoms in total. The topological polar surface area (TPSA) is 71.2 Å². The number of pyridine rings is 1. The van der Waals surface area contributed by atoms with Gasteiger partial charge in [-0.15, -0.1) is 0 Å². The van der Waals surface area contributed by atoms with Gasteiger partial charge >= 0.3 is 0 Å². The highest BCUT2D eigenvalue weighted by Gasteiger charge is 2.29. The first-order valence-electron chi connectivity index (χ1n) is 9.20. The minimum Gasteiger partial charge on any atom is -0.505 e. The average molecular weight is 362 g/mol. The highest BCUT2D eigenvalue weighted by molar-refractivity contribution is 5.94. The predicted molar refractivity (Wildman–Crippen MR) is 102 cm³/mol. The molecule has 0 aliphatic carbocycles. The Hall–Kier alpha value is -3.15. The Balaban J connectivity index is 1.52. The highest BCUT2D eigenvalue weighted by Crippen LogP contribution is 2.28. The molecule has 138 valence electrons. The molecule has 2 aromatic heterocycles. The zero-order valence-corrected chi connectivity index (χ0v) is 15.0. The molecule has 1 atom stereocenters. The number of nitrogens with zero attached hydrogens (tertiary/aromatic N) is 4. The van der Waals surface area contributed by atoms with Crippen molar-refractivity contribution in [1.29, 1.82) is 0 Å². The van der Waals surface area contributed by atoms with E-state index < -0.39 is 0 Å². The molecule has 3 aromatic rings. The summed E-state index contributed by atoms with van der Waals surface area (Å²) in [6.07, 6.45) is 7.24. The second kappa shape index (κ2) is 7.61. The molecular formula is C21H22N4O2. The molecule has 1 amide bonds. The molecular weight excluding hydrogens is 340 g/mol. The van der Waals surface area contributed by atoms with E-state index >= 15 is 0 Å². The van der Waals surface area contributed by atoms with Gasteiger partial charge in [0.25, 0.3) is 5.91 Å². The number of hydrogen-bond donors (Lipinski definition) is 1. The van der Waals surface area contributed by atoms with Gasteiger partial charge in [-0.1, -0.05) is 30.3 Å². The second-order valence-electron chi connectivity index (χ2n) is 6.86. The van der Waals surface area contributed by atoms with Crippen molar-refractivity contribution in [3.05, 3.63) is 78.1 Å². The van der Waals surface area contributed by atoms with Gasteiger partial charge in [-0.25, -0.2) is 9.97 Å². The smallest absolute Gasteiger partial charge is 0.276 e. The molecule has 0 spiro atoms. The van der Waals surface area contributed by atoms with E-state index in [1.54, 1.807) is 11.0 Å². The number of imidazole rings is 1. The van der Waals surface area contributed by atoms with E-state index in [1.165, 1.54) is 17.8 Å². The average Bonchev–Trinajstić information content (AvgIpc) is 3.17. The van der Waals surface area contributed by atoms with Gasteiger partial charge in [0.15, 0.2) is 5.69 Å². The number of rotatable bonds is 4. The fourth-order valence-corrected chi connectivity index (χ4v) is 3.68. The summed E-state index contributed by atoms with van der Waals surface area (Å²) in [5.41, 5.74) is 1.34. The van der Waals surface area contributed by atoms with Gasteiger partial charge in [0, 0.05) is 44.1 Å². The van der Waals surface area contributed by atoms with Gasteiger partial charge in [0.05, 0.1) is 0 Å². The fraction of sp³-hybridized carbons (Fsp3) is 0.286. The normalized spacial score (nSPS) is 17.0. The summed E-state index contributed by atoms with van der Waals surface area (Å²) < 4.78 is 2.16. The number of piperidine rings is 1. The molecule has 27 heavy (non-hydrogen) atoms. The number of aromatic hydroxyl groups is 1. The molecule has 1 aromatic carbocycles. The molecule has 6 heteroatoms. The number of benzene rings is 1. The van der Waals surface area contributed by atoms with Crippen molar-refractivity contribution in [2.24, 2.45) is 0 Å². The number of amides is 1. The van der Waals surface area contributed by atoms with Crippen LogP contribution in [0.15, 0.2) is 61.1 Å². The van der Waals surface area contributed by atoms with Crippen LogP contribution in [0.5, 0.6) is 5.75 Å². The van der Waals surface area contributed by atoms with Crippen LogP contribution in [0, 0.1) is 0 Å². The molecule has 1 aliphatic rings. The third-order valence-corrected chi connectivity index (χ3v) is 5.01. The van der Waals surface area contributed by atoms with Crippen LogP contribution >= 0.6 is 0 Å². The van der Waals surface area contributed by atoms with Gasteiger partial charge in [0.1, 0.15) is 11.6 Å². The van der Waals surface area contributed by atoms with Crippen molar-refractivity contribution < 1.29 is 9.90 Å². The van der Waals surface area contributed by atoms with Crippen LogP contribution in [0.3, 0.4) is 0 Å². The van der Waals surface area contributed by atoms with Gasteiger partial charge in [-0.2, -0.15) is 0 Å². The molecule has 0 saturated carbocycles. The quantitative estimate of drug-likeness (QED) is 0.774. The first kappa shape index (κ1) is 17.3. The first-order chi connectivity index (χ1) is 13.2. The van der Waals surface area contributed by atoms with E-state index in [0.717, 1.165) is 25.2 Å². The Labute approximate surface area is 158 Å². The summed E-state index contributed by atoms with van der Waals surface area (Å²) >= 11 is 0. The van der Waals surface area contributed by atoms with Crippen molar-refractivity contribution in [2.75, 3.05) is 13.1 Å². The summed E-state index contributed by atoms with van der Waals surface area (Å²) in [5.74, 6) is 0.878. The first-order valence-corrected chi connectivity index (χ1v) is 9.20. The van der Waals surface area contributed by atoms with E-state index in [9.17, 15) is 9.90 Å². The Morgan fingerprint density at radius 3 is 2.78 bits per heavy atom. The van der Waals surface area contributed by atoms with Crippen LogP contribution in [0.25, 0.3) is 0 Å². The lowest BCUT2D eigenvalue weighted by atomic mass is 9.96. The Morgan fingerprint density at radius 2 is 1.96 bits per heavy atom. The largest absolute Gasteiger partial charge is 0.505 e. The maximum atomic E-state index is 12.8. The lowest BCUT2D eigenvalue weighted by Crippen LogP contribution is -2.40. The van der Waals surface area contributed by atoms with Crippen LogP contribution in [0.4, 0.5) is 0 Å². The number of likely N-dealkylation sites (tertiary alicyclic amines) is 1. The zero-order valence-electron chi connectivity index (χ0n) is 15.0. The number of hydrogen-bond acceptors (Lipinski definition) is 4. The highest BCUT2D eigenvalue weighted by atomic mass is 16.3. The minimum absolute atomic E-state index is 0.0739. The molecule has 1 N–H and O–H groups in total. The summed E-state index contributed by atoms with van der Waals surface area (Å²) in [6.45, 7) is 2.02. The van der Waals surface area contributed by atoms with Gasteiger partial charge in [-0.3, -0.25) is 4.79 Å². The maximum Gasteiger partial charge on any atom is 0.276 e. The summed E-state index contributed by atoms with van der Waals surface area (Å²) in [5, 5.41) is 9.94. The molecule has 4 rings (SSSR count). The predicted octanol–water partition coefficient (Wildman–Crippen LogP) is 3.05. The van der Waals surface area contributed by atoms with Crippen molar-refractivity contribution in [3.63, 3.8) is 0 Å². The molecule has 1 fully saturated rings. The van der Waals surface area contributed by atoms with Crippen molar-refractivity contribution in [3.8, 4) is 5.75 Å². The molecule has 1 saturated heterocycles. The Morgan fingerprint density at radius 1 is 1.11 bits per heavy atom. The van der Waals surface area contributed by atoms with Crippen LogP contribution in [0.2, 0.25) is 0 Å². The lowest BCUT2D eigenvalue weighted by molar-refractivity contribution is 0.0694. The van der Waals surface area contributed by atoms with Crippen LogP contribution in [-0.2, 0) is 6.54 Å². The van der Waals surface area contributed by atoms with E-state index in [1.807, 2.05) is 30.6 Å². The Kier molecular flexibility index (Phi) is 4.87. The minimum atomic E-state index is -0.223. The second-order valence-corrected chi connectivity index (χ2v) is 6.86. The fourth-order valence-electron chi connectivity index (χ4n) is 3.68. The molecule has 1 aliphatic heterocycles. The van der Waals surface area contributed by atoms with E-state index in [2.05, 4.69) is 26.7 Å². The zero-order chi connectivity index (χ0) is 18.6. The van der Waals surface area contributed by atoms with Gasteiger partial charge in [0.2, 0.25) is 0 Å². The van der Waals surface area contributed by atoms with Crippen molar-refractivity contribution >= 4 is 5.91 Å². The summed E-state index contributed by atoms with van der Waals surface area (Å²) in [7, 11) is 0. The molecule has 0 radical (unpaired) electrons. The van der Waals surface area contributed by atoms with Crippen molar-refractivity contribution in [1.82, 2.24) is 19.4 Å². The van der Waals surface area contributed by atoms with E-state index in [-0.39, 0.29) is 23.3 Å². The number of aromatic nitrogens is 3. The van der Waals surface area contributed by atoms with Gasteiger partial charge < -0.3 is 14.6 Å². The van der Waals surface area contributed by atoms with Crippen molar-refractivity contribution in [2.45, 2.75) is 25.3 Å². The Bertz CT molecular complexity index is 923. The summed E-state index contributed by atoms with van der Waals surface area (Å²) in [6, 6.07) is 13.4. The molecule has 0 unspecified atom stereocenters. The molecule has 3 heterocycles. The van der Waals surface area contributed by atoms with Crippen LogP contribution in [-0.4, -0.2) is 43.5 Å². The van der Waals surface area contributed by atoms with Crippen LogP contribution < -0.4 is 0 Å². The van der Waals surface area contributed by atoms with Crippen LogP contribution in [0.1, 0.15) is 40.6 Å². The van der Waals surface area contributed by atoms with Gasteiger partial charge in [-0.05, 0) is 30.5 Å². The third-order valence-electron chi connectivity index (χ3n) is 5.01. The maximum absolute atomic E-state index is 12.8. The van der Waals surface area contributed by atoms with E-state index in [0.29, 0.717) is 13.1 Å². The lowest BCUT2D eigenvalue weighted by Gasteiger charge is -2.32. The number of carbonyl (C=O) groups is 1. The SMILES string of the molecule is O=C(c1ncccc1O)N1CCC[C@@H](c2nccn2Cc2ccccc2)C1.